The minimum atomic E-state index is -0.856. The number of aliphatic hydroxyl groups excluding tert-OH is 2. The van der Waals surface area contributed by atoms with E-state index in [0.717, 1.165) is 38.5 Å². The molecule has 0 aliphatic carbocycles. The van der Waals surface area contributed by atoms with Crippen molar-refractivity contribution in [1.82, 2.24) is 5.32 Å². The fourth-order valence-electron chi connectivity index (χ4n) is 7.02. The molecule has 1 amide bonds. The molecule has 0 aliphatic heterocycles. The number of amides is 1. The Balaban J connectivity index is 3.36. The van der Waals surface area contributed by atoms with Gasteiger partial charge in [0.2, 0.25) is 5.91 Å². The molecule has 0 spiro atoms. The molecule has 2 atom stereocenters. The molecule has 4 heteroatoms. The minimum absolute atomic E-state index is 0.0759. The number of rotatable bonds is 42. The maximum absolute atomic E-state index is 12.3. The molecular weight excluding hydrogens is 639 g/mol. The van der Waals surface area contributed by atoms with Crippen LogP contribution in [0.3, 0.4) is 0 Å². The van der Waals surface area contributed by atoms with Crippen LogP contribution in [0.2, 0.25) is 0 Å². The number of hydrogen-bond donors (Lipinski definition) is 3. The molecule has 4 nitrogen and oxygen atoms in total. The Bertz CT molecular complexity index is 790. The van der Waals surface area contributed by atoms with Crippen LogP contribution in [0.4, 0.5) is 0 Å². The summed E-state index contributed by atoms with van der Waals surface area (Å²) in [5.74, 6) is -0.0759. The Hall–Kier alpha value is -1.39. The van der Waals surface area contributed by atoms with Crippen molar-refractivity contribution in [2.75, 3.05) is 6.61 Å². The van der Waals surface area contributed by atoms with Crippen molar-refractivity contribution in [1.29, 1.82) is 0 Å². The average Bonchev–Trinajstić information content (AvgIpc) is 3.15. The molecule has 0 saturated carbocycles. The van der Waals surface area contributed by atoms with E-state index < -0.39 is 12.1 Å². The van der Waals surface area contributed by atoms with E-state index in [1.54, 1.807) is 6.08 Å². The molecule has 0 aromatic rings. The van der Waals surface area contributed by atoms with Crippen LogP contribution in [-0.4, -0.2) is 34.9 Å². The zero-order chi connectivity index (χ0) is 37.8. The Labute approximate surface area is 325 Å². The molecule has 52 heavy (non-hydrogen) atoms. The molecule has 0 aliphatic rings. The molecule has 0 heterocycles. The second-order valence-corrected chi connectivity index (χ2v) is 15.8. The van der Waals surface area contributed by atoms with Gasteiger partial charge in [0.25, 0.3) is 0 Å². The first-order valence-electron chi connectivity index (χ1n) is 23.2. The maximum atomic E-state index is 12.3. The van der Waals surface area contributed by atoms with Crippen LogP contribution in [0.25, 0.3) is 0 Å². The van der Waals surface area contributed by atoms with Gasteiger partial charge in [-0.05, 0) is 51.4 Å². The van der Waals surface area contributed by atoms with E-state index in [0.29, 0.717) is 6.42 Å². The summed E-state index contributed by atoms with van der Waals surface area (Å²) in [7, 11) is 0. The van der Waals surface area contributed by atoms with Crippen LogP contribution < -0.4 is 5.32 Å². The van der Waals surface area contributed by atoms with Crippen molar-refractivity contribution >= 4 is 5.91 Å². The Morgan fingerprint density at radius 2 is 0.788 bits per heavy atom. The van der Waals surface area contributed by atoms with Gasteiger partial charge in [-0.3, -0.25) is 4.79 Å². The van der Waals surface area contributed by atoms with Gasteiger partial charge in [0.05, 0.1) is 18.8 Å². The van der Waals surface area contributed by atoms with Crippen molar-refractivity contribution in [3.8, 4) is 0 Å². The van der Waals surface area contributed by atoms with Gasteiger partial charge in [0, 0.05) is 6.42 Å². The van der Waals surface area contributed by atoms with E-state index in [1.165, 1.54) is 186 Å². The van der Waals surface area contributed by atoms with E-state index in [2.05, 4.69) is 43.5 Å². The Morgan fingerprint density at radius 1 is 0.442 bits per heavy atom. The largest absolute Gasteiger partial charge is 0.394 e. The maximum Gasteiger partial charge on any atom is 0.220 e. The first-order valence-corrected chi connectivity index (χ1v) is 23.2. The van der Waals surface area contributed by atoms with E-state index in [1.807, 2.05) is 6.08 Å². The second-order valence-electron chi connectivity index (χ2n) is 15.8. The fourth-order valence-corrected chi connectivity index (χ4v) is 7.02. The molecule has 306 valence electrons. The third kappa shape index (κ3) is 39.8. The van der Waals surface area contributed by atoms with Gasteiger partial charge in [0.15, 0.2) is 0 Å². The number of carbonyl (C=O) groups is 1. The average molecular weight is 730 g/mol. The lowest BCUT2D eigenvalue weighted by Crippen LogP contribution is -2.45. The highest BCUT2D eigenvalue weighted by Gasteiger charge is 2.17. The highest BCUT2D eigenvalue weighted by molar-refractivity contribution is 5.76. The number of unbranched alkanes of at least 4 members (excludes halogenated alkanes) is 31. The minimum Gasteiger partial charge on any atom is -0.394 e. The van der Waals surface area contributed by atoms with Gasteiger partial charge >= 0.3 is 0 Å². The number of aliphatic hydroxyl groups is 2. The van der Waals surface area contributed by atoms with Crippen LogP contribution >= 0.6 is 0 Å². The summed E-state index contributed by atoms with van der Waals surface area (Å²) in [6, 6.07) is -0.633. The number of carbonyl (C=O) groups excluding carboxylic acids is 1. The highest BCUT2D eigenvalue weighted by Crippen LogP contribution is 2.16. The lowest BCUT2D eigenvalue weighted by Gasteiger charge is -2.19. The molecule has 0 aromatic heterocycles. The van der Waals surface area contributed by atoms with Gasteiger partial charge in [-0.2, -0.15) is 0 Å². The molecule has 3 N–H and O–H groups in total. The van der Waals surface area contributed by atoms with E-state index >= 15 is 0 Å². The van der Waals surface area contributed by atoms with Crippen molar-refractivity contribution < 1.29 is 15.0 Å². The van der Waals surface area contributed by atoms with Crippen LogP contribution in [0.1, 0.15) is 245 Å². The normalized spacial score (nSPS) is 13.2. The summed E-state index contributed by atoms with van der Waals surface area (Å²) in [5.41, 5.74) is 0. The van der Waals surface area contributed by atoms with E-state index in [4.69, 9.17) is 0 Å². The molecule has 0 rings (SSSR count). The smallest absolute Gasteiger partial charge is 0.220 e. The summed E-state index contributed by atoms with van der Waals surface area (Å²) in [4.78, 5) is 12.3. The van der Waals surface area contributed by atoms with Crippen LogP contribution in [0, 0.1) is 0 Å². The topological polar surface area (TPSA) is 69.6 Å². The van der Waals surface area contributed by atoms with Crippen molar-refractivity contribution in [2.45, 2.75) is 257 Å². The summed E-state index contributed by atoms with van der Waals surface area (Å²) in [5, 5.41) is 22.7. The predicted octanol–water partition coefficient (Wildman–Crippen LogP) is 14.6. The third-order valence-corrected chi connectivity index (χ3v) is 10.6. The SMILES string of the molecule is CCC/C=C/CC/C=C/C(O)C(CO)NC(=O)CCCCCCCCCCCCCCCCCCCCCCC/C=C\CCCCCCCCCC. The monoisotopic (exact) mass is 730 g/mol. The van der Waals surface area contributed by atoms with Crippen molar-refractivity contribution in [3.05, 3.63) is 36.5 Å². The summed E-state index contributed by atoms with van der Waals surface area (Å²) in [6.45, 7) is 4.20. The third-order valence-electron chi connectivity index (χ3n) is 10.6. The van der Waals surface area contributed by atoms with Crippen LogP contribution in [0.15, 0.2) is 36.5 Å². The van der Waals surface area contributed by atoms with Crippen LogP contribution in [0.5, 0.6) is 0 Å². The lowest BCUT2D eigenvalue weighted by molar-refractivity contribution is -0.123. The first kappa shape index (κ1) is 50.6. The molecule has 2 unspecified atom stereocenters. The van der Waals surface area contributed by atoms with E-state index in [-0.39, 0.29) is 12.5 Å². The first-order chi connectivity index (χ1) is 25.7. The fraction of sp³-hybridized carbons (Fsp3) is 0.854. The number of nitrogens with one attached hydrogen (secondary N) is 1. The molecule has 0 fully saturated rings. The number of allylic oxidation sites excluding steroid dienone is 5. The second kappa shape index (κ2) is 44.0. The highest BCUT2D eigenvalue weighted by atomic mass is 16.3. The standard InChI is InChI=1S/C48H91NO3/c1-3-5-7-9-11-12-13-14-15-16-17-18-19-20-21-22-23-24-25-26-27-28-29-30-31-32-33-34-35-36-38-40-42-44-48(52)49-46(45-50)47(51)43-41-39-37-10-8-6-4-2/h8,10,16-17,41,43,46-47,50-51H,3-7,9,11-15,18-40,42,44-45H2,1-2H3,(H,49,52)/b10-8+,17-16-,43-41+. The quantitative estimate of drug-likeness (QED) is 0.0433. The zero-order valence-corrected chi connectivity index (χ0v) is 35.1. The molecule has 0 aromatic carbocycles. The van der Waals surface area contributed by atoms with E-state index in [9.17, 15) is 15.0 Å². The summed E-state index contributed by atoms with van der Waals surface area (Å²) >= 11 is 0. The molecule has 0 bridgehead atoms. The van der Waals surface area contributed by atoms with Crippen molar-refractivity contribution in [2.24, 2.45) is 0 Å². The molecule has 0 saturated heterocycles. The molecular formula is C48H91NO3. The zero-order valence-electron chi connectivity index (χ0n) is 35.1. The predicted molar refractivity (Wildman–Crippen MR) is 230 cm³/mol. The lowest BCUT2D eigenvalue weighted by atomic mass is 10.0. The Morgan fingerprint density at radius 3 is 1.19 bits per heavy atom. The van der Waals surface area contributed by atoms with Gasteiger partial charge in [-0.25, -0.2) is 0 Å². The van der Waals surface area contributed by atoms with Gasteiger partial charge < -0.3 is 15.5 Å². The molecule has 0 radical (unpaired) electrons. The van der Waals surface area contributed by atoms with Gasteiger partial charge in [-0.15, -0.1) is 0 Å². The summed E-state index contributed by atoms with van der Waals surface area (Å²) in [6.07, 6.45) is 58.8. The Kier molecular flexibility index (Phi) is 42.8. The number of hydrogen-bond acceptors (Lipinski definition) is 3. The van der Waals surface area contributed by atoms with Gasteiger partial charge in [-0.1, -0.05) is 224 Å². The van der Waals surface area contributed by atoms with Gasteiger partial charge in [0.1, 0.15) is 0 Å². The summed E-state index contributed by atoms with van der Waals surface area (Å²) < 4.78 is 0. The van der Waals surface area contributed by atoms with Crippen LogP contribution in [-0.2, 0) is 4.79 Å². The van der Waals surface area contributed by atoms with Crippen molar-refractivity contribution in [3.63, 3.8) is 0 Å².